The summed E-state index contributed by atoms with van der Waals surface area (Å²) in [6.45, 7) is 0.703. The van der Waals surface area contributed by atoms with Crippen molar-refractivity contribution in [2.24, 2.45) is 0 Å². The summed E-state index contributed by atoms with van der Waals surface area (Å²) in [7, 11) is 1.99. The number of aromatic amines is 2. The second-order valence-electron chi connectivity index (χ2n) is 6.77. The van der Waals surface area contributed by atoms with Crippen molar-refractivity contribution in [3.05, 3.63) is 78.8 Å². The van der Waals surface area contributed by atoms with E-state index in [4.69, 9.17) is 4.98 Å². The molecule has 0 aliphatic carbocycles. The molecule has 0 radical (unpaired) electrons. The number of rotatable bonds is 5. The number of anilines is 3. The van der Waals surface area contributed by atoms with Crippen LogP contribution in [0.5, 0.6) is 0 Å². The monoisotopic (exact) mass is 368 g/mol. The van der Waals surface area contributed by atoms with Crippen molar-refractivity contribution >= 4 is 39.3 Å². The van der Waals surface area contributed by atoms with Gasteiger partial charge >= 0.3 is 0 Å². The lowest BCUT2D eigenvalue weighted by molar-refractivity contribution is 1.03. The predicted octanol–water partition coefficient (Wildman–Crippen LogP) is 4.82. The van der Waals surface area contributed by atoms with Gasteiger partial charge in [0.05, 0.1) is 5.69 Å². The molecule has 3 heterocycles. The molecule has 5 aromatic rings. The number of nitrogens with zero attached hydrogens (tertiary/aromatic N) is 3. The summed E-state index contributed by atoms with van der Waals surface area (Å²) < 4.78 is 0. The molecule has 3 N–H and O–H groups in total. The second kappa shape index (κ2) is 6.74. The summed E-state index contributed by atoms with van der Waals surface area (Å²) in [5.74, 6) is 1.45. The zero-order chi connectivity index (χ0) is 18.9. The molecular formula is C22H20N6. The first kappa shape index (κ1) is 16.4. The third kappa shape index (κ3) is 2.95. The Bertz CT molecular complexity index is 1250. The van der Waals surface area contributed by atoms with Crippen molar-refractivity contribution in [1.82, 2.24) is 19.9 Å². The van der Waals surface area contributed by atoms with Gasteiger partial charge in [-0.05, 0) is 53.4 Å². The predicted molar refractivity (Wildman–Crippen MR) is 114 cm³/mol. The highest BCUT2D eigenvalue weighted by Crippen LogP contribution is 2.29. The molecule has 6 heteroatoms. The van der Waals surface area contributed by atoms with Crippen LogP contribution >= 0.6 is 0 Å². The molecule has 0 unspecified atom stereocenters. The molecule has 0 amide bonds. The molecule has 0 spiro atoms. The summed E-state index contributed by atoms with van der Waals surface area (Å²) in [5.41, 5.74) is 4.51. The van der Waals surface area contributed by atoms with Crippen molar-refractivity contribution in [1.29, 1.82) is 0 Å². The second-order valence-corrected chi connectivity index (χ2v) is 6.77. The van der Waals surface area contributed by atoms with E-state index in [1.54, 1.807) is 6.20 Å². The summed E-state index contributed by atoms with van der Waals surface area (Å²) in [4.78, 5) is 17.6. The van der Waals surface area contributed by atoms with Crippen LogP contribution in [0.25, 0.3) is 21.8 Å². The number of aromatic nitrogens is 4. The molecule has 138 valence electrons. The molecule has 0 bridgehead atoms. The number of hydrogen-bond acceptors (Lipinski definition) is 4. The first-order valence-corrected chi connectivity index (χ1v) is 9.21. The quantitative estimate of drug-likeness (QED) is 0.416. The number of fused-ring (bicyclic) bond motifs is 2. The third-order valence-electron chi connectivity index (χ3n) is 4.97. The summed E-state index contributed by atoms with van der Waals surface area (Å²) in [5, 5.41) is 5.76. The fraction of sp³-hybridized carbons (Fsp3) is 0.0909. The molecule has 0 saturated carbocycles. The van der Waals surface area contributed by atoms with Gasteiger partial charge in [-0.1, -0.05) is 12.1 Å². The summed E-state index contributed by atoms with van der Waals surface area (Å²) in [6, 6.07) is 18.6. The van der Waals surface area contributed by atoms with Gasteiger partial charge in [-0.25, -0.2) is 4.98 Å². The molecule has 5 rings (SSSR count). The van der Waals surface area contributed by atoms with Gasteiger partial charge in [0.25, 0.3) is 0 Å². The topological polar surface area (TPSA) is 72.6 Å². The van der Waals surface area contributed by atoms with E-state index in [2.05, 4.69) is 62.7 Å². The largest absolute Gasteiger partial charge is 0.366 e. The van der Waals surface area contributed by atoms with Gasteiger partial charge in [-0.2, -0.15) is 4.98 Å². The van der Waals surface area contributed by atoms with Gasteiger partial charge in [-0.3, -0.25) is 0 Å². The van der Waals surface area contributed by atoms with Gasteiger partial charge in [0.1, 0.15) is 5.82 Å². The lowest BCUT2D eigenvalue weighted by Crippen LogP contribution is -2.14. The van der Waals surface area contributed by atoms with Crippen LogP contribution in [0.2, 0.25) is 0 Å². The molecule has 0 aliphatic heterocycles. The normalized spacial score (nSPS) is 11.2. The van der Waals surface area contributed by atoms with Crippen LogP contribution in [0.15, 0.2) is 73.2 Å². The Labute approximate surface area is 162 Å². The van der Waals surface area contributed by atoms with Gasteiger partial charge in [0, 0.05) is 48.6 Å². The van der Waals surface area contributed by atoms with E-state index in [1.165, 1.54) is 10.9 Å². The van der Waals surface area contributed by atoms with Crippen molar-refractivity contribution in [2.75, 3.05) is 17.3 Å². The van der Waals surface area contributed by atoms with E-state index in [-0.39, 0.29) is 0 Å². The Morgan fingerprint density at radius 2 is 1.86 bits per heavy atom. The van der Waals surface area contributed by atoms with Crippen LogP contribution in [0, 0.1) is 0 Å². The minimum absolute atomic E-state index is 0.653. The van der Waals surface area contributed by atoms with Crippen molar-refractivity contribution in [3.63, 3.8) is 0 Å². The maximum absolute atomic E-state index is 4.69. The highest BCUT2D eigenvalue weighted by molar-refractivity contribution is 5.93. The van der Waals surface area contributed by atoms with Gasteiger partial charge in [0.15, 0.2) is 0 Å². The molecule has 3 aromatic heterocycles. The zero-order valence-corrected chi connectivity index (χ0v) is 15.5. The molecule has 0 saturated heterocycles. The van der Waals surface area contributed by atoms with Crippen LogP contribution in [0.3, 0.4) is 0 Å². The van der Waals surface area contributed by atoms with E-state index in [1.807, 2.05) is 36.5 Å². The summed E-state index contributed by atoms with van der Waals surface area (Å²) >= 11 is 0. The maximum Gasteiger partial charge on any atom is 0.231 e. The highest BCUT2D eigenvalue weighted by atomic mass is 15.2. The van der Waals surface area contributed by atoms with E-state index >= 15 is 0 Å². The van der Waals surface area contributed by atoms with Gasteiger partial charge in [0.2, 0.25) is 5.95 Å². The van der Waals surface area contributed by atoms with E-state index in [0.29, 0.717) is 12.5 Å². The average Bonchev–Trinajstić information content (AvgIpc) is 3.40. The minimum Gasteiger partial charge on any atom is -0.366 e. The number of hydrogen-bond donors (Lipinski definition) is 3. The first-order chi connectivity index (χ1) is 13.8. The Hall–Kier alpha value is -3.80. The fourth-order valence-corrected chi connectivity index (χ4v) is 3.48. The Balaban J connectivity index is 1.37. The van der Waals surface area contributed by atoms with Crippen LogP contribution in [-0.4, -0.2) is 27.0 Å². The van der Waals surface area contributed by atoms with Gasteiger partial charge < -0.3 is 20.2 Å². The third-order valence-corrected chi connectivity index (χ3v) is 4.97. The Kier molecular flexibility index (Phi) is 3.94. The lowest BCUT2D eigenvalue weighted by Gasteiger charge is -2.19. The smallest absolute Gasteiger partial charge is 0.231 e. The Morgan fingerprint density at radius 3 is 2.82 bits per heavy atom. The molecule has 28 heavy (non-hydrogen) atoms. The number of benzene rings is 2. The molecular weight excluding hydrogens is 348 g/mol. The molecule has 0 atom stereocenters. The Morgan fingerprint density at radius 1 is 0.964 bits per heavy atom. The highest BCUT2D eigenvalue weighted by Gasteiger charge is 2.11. The van der Waals surface area contributed by atoms with E-state index in [9.17, 15) is 0 Å². The molecule has 6 nitrogen and oxygen atoms in total. The van der Waals surface area contributed by atoms with Crippen LogP contribution in [0.4, 0.5) is 17.5 Å². The van der Waals surface area contributed by atoms with E-state index in [0.717, 1.165) is 27.9 Å². The van der Waals surface area contributed by atoms with Crippen molar-refractivity contribution in [2.45, 2.75) is 6.54 Å². The van der Waals surface area contributed by atoms with Crippen molar-refractivity contribution < 1.29 is 0 Å². The molecule has 2 aromatic carbocycles. The minimum atomic E-state index is 0.653. The van der Waals surface area contributed by atoms with Crippen LogP contribution < -0.4 is 10.2 Å². The number of H-pyrrole nitrogens is 2. The molecule has 0 aliphatic rings. The van der Waals surface area contributed by atoms with E-state index < -0.39 is 0 Å². The number of nitrogens with one attached hydrogen (secondary N) is 3. The fourth-order valence-electron chi connectivity index (χ4n) is 3.48. The van der Waals surface area contributed by atoms with Gasteiger partial charge in [-0.15, -0.1) is 0 Å². The SMILES string of the molecule is CN(c1nccc(NCc2ccc3[nH]ccc3c2)n1)c1cccc2[nH]ccc12. The standard InChI is InChI=1S/C22H20N6/c1-28(20-4-2-3-19-17(20)8-11-24-19)22-25-12-9-21(27-22)26-14-15-5-6-18-16(13-15)7-10-23-18/h2-13,23-24H,14H2,1H3,(H,25,26,27). The molecule has 0 fully saturated rings. The zero-order valence-electron chi connectivity index (χ0n) is 15.5. The van der Waals surface area contributed by atoms with Crippen LogP contribution in [-0.2, 0) is 6.54 Å². The van der Waals surface area contributed by atoms with Crippen LogP contribution in [0.1, 0.15) is 5.56 Å². The van der Waals surface area contributed by atoms with Crippen molar-refractivity contribution in [3.8, 4) is 0 Å². The average molecular weight is 368 g/mol. The first-order valence-electron chi connectivity index (χ1n) is 9.21. The summed E-state index contributed by atoms with van der Waals surface area (Å²) in [6.07, 6.45) is 5.69. The maximum atomic E-state index is 4.69. The lowest BCUT2D eigenvalue weighted by atomic mass is 10.1.